The molecule has 0 bridgehead atoms. The van der Waals surface area contributed by atoms with Crippen LogP contribution in [-0.2, 0) is 5.41 Å². The van der Waals surface area contributed by atoms with Gasteiger partial charge in [-0.05, 0) is 87.9 Å². The number of aliphatic imine (C=N–C) groups is 1. The molecular weight excluding hydrogens is 320 g/mol. The van der Waals surface area contributed by atoms with Crippen molar-refractivity contribution in [1.29, 1.82) is 0 Å². The number of hydrogen-bond acceptors (Lipinski definition) is 3. The minimum absolute atomic E-state index is 0.217. The van der Waals surface area contributed by atoms with Crippen LogP contribution in [0, 0.1) is 34.6 Å². The summed E-state index contributed by atoms with van der Waals surface area (Å²) >= 11 is 0. The Morgan fingerprint density at radius 2 is 1.58 bits per heavy atom. The number of nitrogens with zero attached hydrogens (tertiary/aromatic N) is 2. The second kappa shape index (κ2) is 5.12. The number of aryl methyl sites for hydroxylation is 1. The zero-order chi connectivity index (χ0) is 19.0. The smallest absolute Gasteiger partial charge is 0.228 e. The van der Waals surface area contributed by atoms with Crippen molar-refractivity contribution < 1.29 is 4.74 Å². The summed E-state index contributed by atoms with van der Waals surface area (Å²) in [5.41, 5.74) is 8.93. The summed E-state index contributed by atoms with van der Waals surface area (Å²) in [5.74, 6) is 0.928. The van der Waals surface area contributed by atoms with Crippen LogP contribution in [0.4, 0.5) is 11.4 Å². The fourth-order valence-corrected chi connectivity index (χ4v) is 4.56. The largest absolute Gasteiger partial charge is 0.459 e. The topological polar surface area (TPSA) is 24.8 Å². The van der Waals surface area contributed by atoms with E-state index in [1.807, 2.05) is 6.21 Å². The second-order valence-corrected chi connectivity index (χ2v) is 8.44. The van der Waals surface area contributed by atoms with Crippen LogP contribution in [-0.4, -0.2) is 19.0 Å². The maximum atomic E-state index is 6.85. The van der Waals surface area contributed by atoms with Gasteiger partial charge in [-0.2, -0.15) is 0 Å². The lowest BCUT2D eigenvalue weighted by Gasteiger charge is -2.45. The number of benzene rings is 2. The molecular formula is C23H28N2O. The lowest BCUT2D eigenvalue weighted by Crippen LogP contribution is -2.61. The molecule has 2 aromatic rings. The maximum Gasteiger partial charge on any atom is 0.228 e. The van der Waals surface area contributed by atoms with Crippen LogP contribution < -0.4 is 9.64 Å². The Bertz CT molecular complexity index is 971. The first-order valence-corrected chi connectivity index (χ1v) is 9.31. The third-order valence-corrected chi connectivity index (χ3v) is 6.81. The van der Waals surface area contributed by atoms with E-state index in [1.165, 1.54) is 39.1 Å². The van der Waals surface area contributed by atoms with E-state index in [2.05, 4.69) is 78.6 Å². The molecule has 136 valence electrons. The molecule has 3 nitrogen and oxygen atoms in total. The lowest BCUT2D eigenvalue weighted by atomic mass is 9.77. The van der Waals surface area contributed by atoms with Gasteiger partial charge in [0.25, 0.3) is 0 Å². The van der Waals surface area contributed by atoms with Crippen molar-refractivity contribution in [3.05, 3.63) is 51.6 Å². The highest BCUT2D eigenvalue weighted by molar-refractivity contribution is 5.89. The number of anilines is 1. The van der Waals surface area contributed by atoms with Gasteiger partial charge in [0.1, 0.15) is 5.69 Å². The van der Waals surface area contributed by atoms with E-state index >= 15 is 0 Å². The van der Waals surface area contributed by atoms with Crippen molar-refractivity contribution >= 4 is 17.6 Å². The molecule has 0 saturated carbocycles. The van der Waals surface area contributed by atoms with E-state index in [9.17, 15) is 0 Å². The van der Waals surface area contributed by atoms with Crippen LogP contribution >= 0.6 is 0 Å². The molecule has 2 aromatic carbocycles. The van der Waals surface area contributed by atoms with Gasteiger partial charge in [0.2, 0.25) is 5.72 Å². The Morgan fingerprint density at radius 3 is 2.27 bits per heavy atom. The molecule has 4 rings (SSSR count). The van der Waals surface area contributed by atoms with Gasteiger partial charge in [-0.3, -0.25) is 4.99 Å². The van der Waals surface area contributed by atoms with E-state index in [1.54, 1.807) is 0 Å². The molecule has 0 aliphatic carbocycles. The standard InChI is InChI=1S/C23H28N2O/c1-13-9-10-18-19(11-13)25(8)23(22(18,6)7)12-24-20-16(4)14(2)15(3)17(5)21(20)26-23/h9-12H,1-8H3. The Labute approximate surface area is 156 Å². The molecule has 26 heavy (non-hydrogen) atoms. The van der Waals surface area contributed by atoms with Crippen molar-refractivity contribution in [1.82, 2.24) is 0 Å². The van der Waals surface area contributed by atoms with Crippen molar-refractivity contribution in [3.63, 3.8) is 0 Å². The first-order chi connectivity index (χ1) is 12.1. The Kier molecular flexibility index (Phi) is 3.38. The number of rotatable bonds is 0. The molecule has 0 saturated heterocycles. The fourth-order valence-electron chi connectivity index (χ4n) is 4.56. The van der Waals surface area contributed by atoms with E-state index in [-0.39, 0.29) is 5.41 Å². The first-order valence-electron chi connectivity index (χ1n) is 9.31. The summed E-state index contributed by atoms with van der Waals surface area (Å²) in [5, 5.41) is 0. The summed E-state index contributed by atoms with van der Waals surface area (Å²) in [6.45, 7) is 15.3. The quantitative estimate of drug-likeness (QED) is 0.632. The van der Waals surface area contributed by atoms with Gasteiger partial charge >= 0.3 is 0 Å². The van der Waals surface area contributed by atoms with Gasteiger partial charge in [0.15, 0.2) is 5.75 Å². The molecule has 2 aliphatic rings. The van der Waals surface area contributed by atoms with Crippen molar-refractivity contribution in [2.24, 2.45) is 4.99 Å². The Balaban J connectivity index is 1.95. The van der Waals surface area contributed by atoms with Crippen LogP contribution in [0.3, 0.4) is 0 Å². The van der Waals surface area contributed by atoms with Gasteiger partial charge < -0.3 is 9.64 Å². The first kappa shape index (κ1) is 17.1. The Morgan fingerprint density at radius 1 is 0.923 bits per heavy atom. The minimum atomic E-state index is -0.616. The molecule has 3 heteroatoms. The van der Waals surface area contributed by atoms with Crippen LogP contribution in [0.5, 0.6) is 5.75 Å². The SMILES string of the molecule is Cc1ccc2c(c1)N(C)C1(C=Nc3c(C)c(C)c(C)c(C)c3O1)C2(C)C. The predicted octanol–water partition coefficient (Wildman–Crippen LogP) is 5.45. The molecule has 0 fully saturated rings. The van der Waals surface area contributed by atoms with Crippen molar-refractivity contribution in [2.45, 2.75) is 59.6 Å². The number of hydrogen-bond donors (Lipinski definition) is 0. The summed E-state index contributed by atoms with van der Waals surface area (Å²) < 4.78 is 6.85. The highest BCUT2D eigenvalue weighted by Crippen LogP contribution is 2.55. The van der Waals surface area contributed by atoms with Crippen LogP contribution in [0.25, 0.3) is 0 Å². The average Bonchev–Trinajstić information content (AvgIpc) is 2.76. The van der Waals surface area contributed by atoms with E-state index in [0.29, 0.717) is 0 Å². The molecule has 1 unspecified atom stereocenters. The van der Waals surface area contributed by atoms with Crippen molar-refractivity contribution in [2.75, 3.05) is 11.9 Å². The number of fused-ring (bicyclic) bond motifs is 2. The summed E-state index contributed by atoms with van der Waals surface area (Å²) in [6, 6.07) is 6.67. The minimum Gasteiger partial charge on any atom is -0.459 e. The Hall–Kier alpha value is -2.29. The van der Waals surface area contributed by atoms with Crippen LogP contribution in [0.15, 0.2) is 23.2 Å². The third kappa shape index (κ3) is 1.86. The van der Waals surface area contributed by atoms with E-state index < -0.39 is 5.72 Å². The van der Waals surface area contributed by atoms with Gasteiger partial charge in [0, 0.05) is 12.7 Å². The van der Waals surface area contributed by atoms with Gasteiger partial charge in [0.05, 0.1) is 11.6 Å². The van der Waals surface area contributed by atoms with Crippen molar-refractivity contribution in [3.8, 4) is 5.75 Å². The molecule has 0 radical (unpaired) electrons. The van der Waals surface area contributed by atoms with Gasteiger partial charge in [-0.1, -0.05) is 12.1 Å². The molecule has 1 atom stereocenters. The fraction of sp³-hybridized carbons (Fsp3) is 0.435. The monoisotopic (exact) mass is 348 g/mol. The molecule has 1 spiro atoms. The summed E-state index contributed by atoms with van der Waals surface area (Å²) in [7, 11) is 2.12. The molecule has 2 aliphatic heterocycles. The second-order valence-electron chi connectivity index (χ2n) is 8.44. The zero-order valence-electron chi connectivity index (χ0n) is 17.1. The highest BCUT2D eigenvalue weighted by atomic mass is 16.5. The van der Waals surface area contributed by atoms with Crippen LogP contribution in [0.1, 0.15) is 47.2 Å². The molecule has 0 amide bonds. The van der Waals surface area contributed by atoms with E-state index in [0.717, 1.165) is 11.4 Å². The van der Waals surface area contributed by atoms with Gasteiger partial charge in [-0.25, -0.2) is 0 Å². The number of ether oxygens (including phenoxy) is 1. The van der Waals surface area contributed by atoms with Gasteiger partial charge in [-0.15, -0.1) is 0 Å². The molecule has 0 N–H and O–H groups in total. The van der Waals surface area contributed by atoms with E-state index in [4.69, 9.17) is 9.73 Å². The third-order valence-electron chi connectivity index (χ3n) is 6.81. The van der Waals surface area contributed by atoms with Crippen LogP contribution in [0.2, 0.25) is 0 Å². The average molecular weight is 348 g/mol. The number of likely N-dealkylation sites (N-methyl/N-ethyl adjacent to an activating group) is 1. The lowest BCUT2D eigenvalue weighted by molar-refractivity contribution is 0.0815. The predicted molar refractivity (Wildman–Crippen MR) is 110 cm³/mol. The normalized spacial score (nSPS) is 22.4. The summed E-state index contributed by atoms with van der Waals surface area (Å²) in [4.78, 5) is 7.21. The highest BCUT2D eigenvalue weighted by Gasteiger charge is 2.58. The summed E-state index contributed by atoms with van der Waals surface area (Å²) in [6.07, 6.45) is 2.02. The maximum absolute atomic E-state index is 6.85. The molecule has 0 aromatic heterocycles. The molecule has 2 heterocycles. The zero-order valence-corrected chi connectivity index (χ0v) is 17.1.